The van der Waals surface area contributed by atoms with E-state index < -0.39 is 0 Å². The summed E-state index contributed by atoms with van der Waals surface area (Å²) in [6, 6.07) is 21.4. The summed E-state index contributed by atoms with van der Waals surface area (Å²) in [6.45, 7) is 0. The van der Waals surface area contributed by atoms with Crippen LogP contribution in [0, 0.1) is 5.92 Å². The lowest BCUT2D eigenvalue weighted by atomic mass is 9.77. The zero-order valence-electron chi connectivity index (χ0n) is 18.1. The number of para-hydroxylation sites is 1. The molecule has 1 N–H and O–H groups in total. The van der Waals surface area contributed by atoms with E-state index in [1.54, 1.807) is 14.2 Å². The minimum absolute atomic E-state index is 0.296. The Kier molecular flexibility index (Phi) is 5.75. The molecule has 0 aromatic heterocycles. The van der Waals surface area contributed by atoms with Gasteiger partial charge < -0.3 is 14.8 Å². The van der Waals surface area contributed by atoms with Gasteiger partial charge in [0.1, 0.15) is 0 Å². The van der Waals surface area contributed by atoms with Crippen molar-refractivity contribution in [2.75, 3.05) is 19.5 Å². The summed E-state index contributed by atoms with van der Waals surface area (Å²) < 4.78 is 11.6. The highest BCUT2D eigenvalue weighted by Crippen LogP contribution is 2.49. The quantitative estimate of drug-likeness (QED) is 0.309. The van der Waals surface area contributed by atoms with Crippen molar-refractivity contribution in [3.8, 4) is 11.5 Å². The van der Waals surface area contributed by atoms with E-state index in [9.17, 15) is 0 Å². The van der Waals surface area contributed by atoms with Crippen LogP contribution in [0.3, 0.4) is 0 Å². The third-order valence-electron chi connectivity index (χ3n) is 6.34. The smallest absolute Gasteiger partial charge is 0.174 e. The molecule has 2 aliphatic rings. The number of hydrogen-bond donors (Lipinski definition) is 1. The highest BCUT2D eigenvalue weighted by molar-refractivity contribution is 9.10. The van der Waals surface area contributed by atoms with Crippen LogP contribution in [-0.2, 0) is 0 Å². The molecule has 0 bridgehead atoms. The van der Waals surface area contributed by atoms with Gasteiger partial charge in [-0.05, 0) is 75.3 Å². The zero-order chi connectivity index (χ0) is 22.1. The van der Waals surface area contributed by atoms with E-state index in [0.717, 1.165) is 22.1 Å². The number of rotatable bonds is 5. The van der Waals surface area contributed by atoms with Crippen LogP contribution in [-0.4, -0.2) is 20.4 Å². The molecule has 0 radical (unpaired) electrons. The molecule has 5 rings (SSSR count). The molecular weight excluding hydrogens is 464 g/mol. The van der Waals surface area contributed by atoms with Gasteiger partial charge >= 0.3 is 0 Å². The predicted molar refractivity (Wildman–Crippen MR) is 134 cm³/mol. The second-order valence-corrected chi connectivity index (χ2v) is 9.01. The molecular formula is C27H25BrN2O2. The molecule has 1 heterocycles. The lowest BCUT2D eigenvalue weighted by molar-refractivity contribution is 0.353. The third-order valence-corrected chi connectivity index (χ3v) is 6.93. The maximum absolute atomic E-state index is 5.42. The van der Waals surface area contributed by atoms with Crippen LogP contribution in [0.5, 0.6) is 11.5 Å². The summed E-state index contributed by atoms with van der Waals surface area (Å²) in [7, 11) is 3.26. The summed E-state index contributed by atoms with van der Waals surface area (Å²) in [6.07, 6.45) is 7.64. The molecule has 3 aromatic carbocycles. The average molecular weight is 489 g/mol. The summed E-state index contributed by atoms with van der Waals surface area (Å²) in [5, 5.41) is 3.78. The first-order chi connectivity index (χ1) is 15.7. The maximum atomic E-state index is 5.42. The monoisotopic (exact) mass is 488 g/mol. The van der Waals surface area contributed by atoms with Gasteiger partial charge in [0.15, 0.2) is 11.5 Å². The van der Waals surface area contributed by atoms with Crippen LogP contribution in [0.2, 0.25) is 0 Å². The summed E-state index contributed by atoms with van der Waals surface area (Å²) in [4.78, 5) is 4.66. The number of nitrogens with zero attached hydrogens (tertiary/aromatic N) is 1. The van der Waals surface area contributed by atoms with Gasteiger partial charge in [-0.15, -0.1) is 0 Å². The standard InChI is InChI=1S/C27H25BrN2O2/c1-31-25-15-17(14-23(28)27(25)32-2)16-29-19-12-10-18(11-13-19)26-22-8-5-7-20(22)21-6-3-4-9-24(21)30-26/h3-7,9-16,20,22,26,30H,8H2,1-2H3/t20-,22-,26+/m1/s1. The maximum Gasteiger partial charge on any atom is 0.174 e. The Morgan fingerprint density at radius 2 is 1.84 bits per heavy atom. The second-order valence-electron chi connectivity index (χ2n) is 8.15. The van der Waals surface area contributed by atoms with Gasteiger partial charge in [0, 0.05) is 17.8 Å². The van der Waals surface area contributed by atoms with Crippen molar-refractivity contribution in [2.45, 2.75) is 18.4 Å². The topological polar surface area (TPSA) is 42.8 Å². The number of halogens is 1. The number of nitrogens with one attached hydrogen (secondary N) is 1. The molecule has 32 heavy (non-hydrogen) atoms. The van der Waals surface area contributed by atoms with Crippen LogP contribution in [0.1, 0.15) is 35.1 Å². The van der Waals surface area contributed by atoms with Crippen molar-refractivity contribution in [3.63, 3.8) is 0 Å². The molecule has 0 amide bonds. The van der Waals surface area contributed by atoms with Crippen LogP contribution in [0.4, 0.5) is 11.4 Å². The highest BCUT2D eigenvalue weighted by Gasteiger charge is 2.37. The molecule has 1 aliphatic carbocycles. The fourth-order valence-corrected chi connectivity index (χ4v) is 5.42. The first-order valence-corrected chi connectivity index (χ1v) is 11.5. The van der Waals surface area contributed by atoms with E-state index in [4.69, 9.17) is 9.47 Å². The SMILES string of the molecule is COc1cc(C=Nc2ccc([C@@H]3Nc4ccccc4[C@H]4C=CC[C@H]43)cc2)cc(Br)c1OC. The molecule has 5 heteroatoms. The van der Waals surface area contributed by atoms with Crippen molar-refractivity contribution in [1.29, 1.82) is 0 Å². The van der Waals surface area contributed by atoms with Gasteiger partial charge in [0.05, 0.1) is 30.4 Å². The lowest BCUT2D eigenvalue weighted by Gasteiger charge is -2.37. The lowest BCUT2D eigenvalue weighted by Crippen LogP contribution is -2.28. The molecule has 3 atom stereocenters. The largest absolute Gasteiger partial charge is 0.493 e. The number of allylic oxidation sites excluding steroid dienone is 2. The van der Waals surface area contributed by atoms with E-state index in [-0.39, 0.29) is 0 Å². The van der Waals surface area contributed by atoms with Crippen molar-refractivity contribution < 1.29 is 9.47 Å². The Morgan fingerprint density at radius 3 is 2.62 bits per heavy atom. The van der Waals surface area contributed by atoms with E-state index in [1.165, 1.54) is 16.8 Å². The van der Waals surface area contributed by atoms with Gasteiger partial charge in [0.2, 0.25) is 0 Å². The summed E-state index contributed by atoms with van der Waals surface area (Å²) >= 11 is 3.53. The number of methoxy groups -OCH3 is 2. The van der Waals surface area contributed by atoms with Gasteiger partial charge in [-0.1, -0.05) is 42.5 Å². The Labute approximate surface area is 197 Å². The number of benzene rings is 3. The van der Waals surface area contributed by atoms with Gasteiger partial charge in [-0.3, -0.25) is 4.99 Å². The van der Waals surface area contributed by atoms with Crippen LogP contribution in [0.25, 0.3) is 0 Å². The second kappa shape index (κ2) is 8.83. The van der Waals surface area contributed by atoms with Crippen molar-refractivity contribution in [1.82, 2.24) is 0 Å². The van der Waals surface area contributed by atoms with E-state index in [1.807, 2.05) is 18.3 Å². The van der Waals surface area contributed by atoms with Gasteiger partial charge in [-0.25, -0.2) is 0 Å². The normalized spacial score (nSPS) is 21.2. The Morgan fingerprint density at radius 1 is 1.03 bits per heavy atom. The Balaban J connectivity index is 1.37. The number of aliphatic imine (C=N–C) groups is 1. The first kappa shape index (κ1) is 20.8. The molecule has 3 aromatic rings. The number of fused-ring (bicyclic) bond motifs is 3. The van der Waals surface area contributed by atoms with Crippen molar-refractivity contribution in [3.05, 3.63) is 94.0 Å². The molecule has 1 aliphatic heterocycles. The average Bonchev–Trinajstić information content (AvgIpc) is 3.32. The van der Waals surface area contributed by atoms with Crippen LogP contribution in [0.15, 0.2) is 82.3 Å². The van der Waals surface area contributed by atoms with Crippen molar-refractivity contribution >= 4 is 33.5 Å². The molecule has 0 saturated carbocycles. The van der Waals surface area contributed by atoms with Crippen molar-refractivity contribution in [2.24, 2.45) is 10.9 Å². The number of ether oxygens (including phenoxy) is 2. The zero-order valence-corrected chi connectivity index (χ0v) is 19.7. The first-order valence-electron chi connectivity index (χ1n) is 10.8. The minimum Gasteiger partial charge on any atom is -0.493 e. The number of hydrogen-bond acceptors (Lipinski definition) is 4. The Hall–Kier alpha value is -3.05. The van der Waals surface area contributed by atoms with Crippen LogP contribution >= 0.6 is 15.9 Å². The summed E-state index contributed by atoms with van der Waals surface area (Å²) in [5.74, 6) is 2.37. The van der Waals surface area contributed by atoms with E-state index in [2.05, 4.69) is 86.9 Å². The molecule has 162 valence electrons. The molecule has 0 unspecified atom stereocenters. The number of anilines is 1. The molecule has 0 saturated heterocycles. The van der Waals surface area contributed by atoms with Gasteiger partial charge in [0.25, 0.3) is 0 Å². The third kappa shape index (κ3) is 3.82. The Bertz CT molecular complexity index is 1190. The van der Waals surface area contributed by atoms with Gasteiger partial charge in [-0.2, -0.15) is 0 Å². The van der Waals surface area contributed by atoms with E-state index in [0.29, 0.717) is 29.4 Å². The molecule has 0 spiro atoms. The molecule has 4 nitrogen and oxygen atoms in total. The highest BCUT2D eigenvalue weighted by atomic mass is 79.9. The van der Waals surface area contributed by atoms with Crippen LogP contribution < -0.4 is 14.8 Å². The fraction of sp³-hybridized carbons (Fsp3) is 0.222. The fourth-order valence-electron chi connectivity index (χ4n) is 4.80. The molecule has 0 fully saturated rings. The predicted octanol–water partition coefficient (Wildman–Crippen LogP) is 7.04. The minimum atomic E-state index is 0.296. The summed E-state index contributed by atoms with van der Waals surface area (Å²) in [5.41, 5.74) is 5.79. The van der Waals surface area contributed by atoms with E-state index >= 15 is 0 Å².